The van der Waals surface area contributed by atoms with Crippen LogP contribution in [0.1, 0.15) is 53.6 Å². The molecule has 11 heteroatoms. The molecule has 2 aromatic rings. The van der Waals surface area contributed by atoms with Gasteiger partial charge in [0.05, 0.1) is 17.1 Å². The summed E-state index contributed by atoms with van der Waals surface area (Å²) in [5.41, 5.74) is 1.16. The van der Waals surface area contributed by atoms with Gasteiger partial charge in [0.15, 0.2) is 11.5 Å². The largest absolute Gasteiger partial charge is 0.504 e. The second-order valence-corrected chi connectivity index (χ2v) is 12.4. The van der Waals surface area contributed by atoms with Crippen molar-refractivity contribution in [2.45, 2.75) is 67.7 Å². The molecule has 4 N–H and O–H groups in total. The molecule has 2 aromatic carbocycles. The lowest BCUT2D eigenvalue weighted by atomic mass is 9.48. The van der Waals surface area contributed by atoms with Gasteiger partial charge >= 0.3 is 11.9 Å². The van der Waals surface area contributed by atoms with E-state index in [4.69, 9.17) is 36.1 Å². The van der Waals surface area contributed by atoms with Gasteiger partial charge in [-0.05, 0) is 86.9 Å². The highest BCUT2D eigenvalue weighted by atomic mass is 35.5. The molecule has 218 valence electrons. The van der Waals surface area contributed by atoms with E-state index in [0.29, 0.717) is 29.2 Å². The number of carbonyl (C=O) groups excluding carboxylic acids is 1. The summed E-state index contributed by atoms with van der Waals surface area (Å²) in [5.74, 6) is -2.35. The van der Waals surface area contributed by atoms with Crippen LogP contribution in [0.3, 0.4) is 0 Å². The number of rotatable bonds is 4. The first kappa shape index (κ1) is 27.8. The van der Waals surface area contributed by atoms with Crippen LogP contribution in [0.25, 0.3) is 0 Å². The molecule has 3 aliphatic carbocycles. The number of aliphatic hydroxyl groups is 1. The van der Waals surface area contributed by atoms with Gasteiger partial charge in [-0.2, -0.15) is 0 Å². The maximum atomic E-state index is 13.5. The Morgan fingerprint density at radius 1 is 1.05 bits per heavy atom. The molecule has 7 rings (SSSR count). The number of nitrogens with zero attached hydrogens (tertiary/aromatic N) is 2. The summed E-state index contributed by atoms with van der Waals surface area (Å²) < 4.78 is 6.60. The smallest absolute Gasteiger partial charge is 0.414 e. The molecule has 0 radical (unpaired) electrons. The minimum Gasteiger partial charge on any atom is -0.504 e. The number of carboxylic acid groups (broad SMARTS) is 2. The van der Waals surface area contributed by atoms with Gasteiger partial charge in [-0.1, -0.05) is 17.7 Å². The van der Waals surface area contributed by atoms with Crippen molar-refractivity contribution in [2.75, 3.05) is 20.1 Å². The highest BCUT2D eigenvalue weighted by molar-refractivity contribution is 6.30. The van der Waals surface area contributed by atoms with E-state index in [1.807, 2.05) is 13.1 Å². The second kappa shape index (κ2) is 9.89. The third kappa shape index (κ3) is 4.26. The van der Waals surface area contributed by atoms with E-state index in [-0.39, 0.29) is 23.7 Å². The molecular weight excluding hydrogens is 552 g/mol. The summed E-state index contributed by atoms with van der Waals surface area (Å²) in [6, 6.07) is 10.5. The number of piperidine rings is 1. The molecular formula is C30H33ClN2O8. The minimum atomic E-state index is -1.82. The summed E-state index contributed by atoms with van der Waals surface area (Å²) in [6.45, 7) is 1.95. The Bertz CT molecular complexity index is 1400. The van der Waals surface area contributed by atoms with E-state index in [1.165, 1.54) is 18.4 Å². The van der Waals surface area contributed by atoms with E-state index in [2.05, 4.69) is 4.90 Å². The van der Waals surface area contributed by atoms with Crippen LogP contribution < -0.4 is 4.74 Å². The Morgan fingerprint density at radius 3 is 2.37 bits per heavy atom. The summed E-state index contributed by atoms with van der Waals surface area (Å²) in [4.78, 5) is 36.0. The summed E-state index contributed by atoms with van der Waals surface area (Å²) >= 11 is 6.04. The van der Waals surface area contributed by atoms with Crippen LogP contribution in [0.5, 0.6) is 11.5 Å². The van der Waals surface area contributed by atoms with Crippen molar-refractivity contribution < 1.29 is 39.5 Å². The molecule has 2 heterocycles. The zero-order valence-electron chi connectivity index (χ0n) is 22.6. The number of aromatic hydroxyl groups is 1. The van der Waals surface area contributed by atoms with E-state index in [1.54, 1.807) is 35.2 Å². The Labute approximate surface area is 242 Å². The first-order valence-electron chi connectivity index (χ1n) is 13.9. The zero-order valence-corrected chi connectivity index (χ0v) is 23.4. The molecule has 1 spiro atoms. The quantitative estimate of drug-likeness (QED) is 0.398. The third-order valence-electron chi connectivity index (χ3n) is 9.82. The normalized spacial score (nSPS) is 30.8. The Balaban J connectivity index is 0.000000458. The van der Waals surface area contributed by atoms with Gasteiger partial charge in [0.2, 0.25) is 0 Å². The predicted octanol–water partition coefficient (Wildman–Crippen LogP) is 2.91. The number of likely N-dealkylation sites (tertiary alicyclic amines) is 1. The maximum Gasteiger partial charge on any atom is 0.414 e. The van der Waals surface area contributed by atoms with Crippen LogP contribution >= 0.6 is 11.6 Å². The van der Waals surface area contributed by atoms with Crippen molar-refractivity contribution in [1.82, 2.24) is 9.80 Å². The first-order chi connectivity index (χ1) is 19.5. The summed E-state index contributed by atoms with van der Waals surface area (Å²) in [7, 11) is 1.83. The first-order valence-corrected chi connectivity index (χ1v) is 14.3. The van der Waals surface area contributed by atoms with Crippen LogP contribution in [-0.4, -0.2) is 92.0 Å². The second-order valence-electron chi connectivity index (χ2n) is 11.9. The fourth-order valence-corrected chi connectivity index (χ4v) is 7.92. The number of phenolic OH excluding ortho intramolecular Hbond substituents is 1. The van der Waals surface area contributed by atoms with Crippen LogP contribution in [0, 0.1) is 5.92 Å². The van der Waals surface area contributed by atoms with Gasteiger partial charge in [0, 0.05) is 35.8 Å². The molecule has 5 aliphatic rings. The maximum absolute atomic E-state index is 13.5. The van der Waals surface area contributed by atoms with Crippen LogP contribution in [-0.2, 0) is 21.4 Å². The van der Waals surface area contributed by atoms with Crippen LogP contribution in [0.15, 0.2) is 36.4 Å². The molecule has 3 fully saturated rings. The lowest BCUT2D eigenvalue weighted by molar-refractivity contribution is -0.197. The van der Waals surface area contributed by atoms with Crippen molar-refractivity contribution in [1.29, 1.82) is 0 Å². The standard InChI is InChI=1S/C28H31ClN2O4.C2H2O4/c1-30(26(33)17-4-7-19(29)8-5-17)20-10-11-28(34)22-14-18-6-9-21(32)24-23(18)27(28,25(20)35-24)12-13-31(22)15-16-2-3-16;3-1(4)2(5)6/h4-9,16,20,22,25,32,34H,2-3,10-15H2,1H3;(H,3,4)(H,5,6)/t20-,22+,25-,27?,28+;/m0./s1. The van der Waals surface area contributed by atoms with Crippen LogP contribution in [0.2, 0.25) is 5.02 Å². The van der Waals surface area contributed by atoms with Gasteiger partial charge in [0.1, 0.15) is 6.10 Å². The van der Waals surface area contributed by atoms with Crippen molar-refractivity contribution in [3.05, 3.63) is 58.1 Å². The van der Waals surface area contributed by atoms with Crippen molar-refractivity contribution >= 4 is 29.4 Å². The highest BCUT2D eigenvalue weighted by Gasteiger charge is 2.73. The van der Waals surface area contributed by atoms with Crippen LogP contribution in [0.4, 0.5) is 0 Å². The monoisotopic (exact) mass is 584 g/mol. The molecule has 1 saturated heterocycles. The Hall–Kier alpha value is -3.34. The van der Waals surface area contributed by atoms with Gasteiger partial charge in [-0.3, -0.25) is 9.69 Å². The van der Waals surface area contributed by atoms with E-state index < -0.39 is 29.1 Å². The van der Waals surface area contributed by atoms with E-state index in [0.717, 1.165) is 37.4 Å². The number of ether oxygens (including phenoxy) is 1. The summed E-state index contributed by atoms with van der Waals surface area (Å²) in [5, 5.41) is 38.7. The van der Waals surface area contributed by atoms with Crippen molar-refractivity contribution in [2.24, 2.45) is 5.92 Å². The average Bonchev–Trinajstić information content (AvgIpc) is 3.68. The van der Waals surface area contributed by atoms with Gasteiger partial charge in [-0.25, -0.2) is 9.59 Å². The average molecular weight is 585 g/mol. The number of hydrogen-bond donors (Lipinski definition) is 4. The van der Waals surface area contributed by atoms with Crippen molar-refractivity contribution in [3.8, 4) is 11.5 Å². The lowest BCUT2D eigenvalue weighted by Gasteiger charge is -2.64. The lowest BCUT2D eigenvalue weighted by Crippen LogP contribution is -2.78. The van der Waals surface area contributed by atoms with Gasteiger partial charge < -0.3 is 30.1 Å². The molecule has 10 nitrogen and oxygen atoms in total. The molecule has 1 unspecified atom stereocenters. The molecule has 2 saturated carbocycles. The Kier molecular flexibility index (Phi) is 6.71. The third-order valence-corrected chi connectivity index (χ3v) is 10.1. The SMILES string of the molecule is CN(C(=O)c1ccc(Cl)cc1)[C@H]1CC[C@@]2(O)[C@H]3Cc4ccc(O)c5c4C2(CCN3CC2CC2)[C@H]1O5.O=C(O)C(=O)O. The van der Waals surface area contributed by atoms with Crippen molar-refractivity contribution in [3.63, 3.8) is 0 Å². The fraction of sp³-hybridized carbons (Fsp3) is 0.500. The number of hydrogen-bond acceptors (Lipinski definition) is 7. The molecule has 1 amide bonds. The van der Waals surface area contributed by atoms with Gasteiger partial charge in [0.25, 0.3) is 5.91 Å². The number of phenols is 1. The molecule has 2 bridgehead atoms. The molecule has 5 atom stereocenters. The number of benzene rings is 2. The number of carbonyl (C=O) groups is 3. The highest BCUT2D eigenvalue weighted by Crippen LogP contribution is 2.66. The number of amides is 1. The number of likely N-dealkylation sites (N-methyl/N-ethyl adjacent to an activating group) is 1. The minimum absolute atomic E-state index is 0.0316. The van der Waals surface area contributed by atoms with E-state index in [9.17, 15) is 15.0 Å². The Morgan fingerprint density at radius 2 is 1.73 bits per heavy atom. The fourth-order valence-electron chi connectivity index (χ4n) is 7.80. The molecule has 41 heavy (non-hydrogen) atoms. The number of carboxylic acids is 2. The summed E-state index contributed by atoms with van der Waals surface area (Å²) in [6.07, 6.45) is 4.95. The molecule has 2 aliphatic heterocycles. The van der Waals surface area contributed by atoms with Gasteiger partial charge in [-0.15, -0.1) is 0 Å². The zero-order chi connectivity index (χ0) is 29.3. The van der Waals surface area contributed by atoms with E-state index >= 15 is 0 Å². The predicted molar refractivity (Wildman–Crippen MR) is 147 cm³/mol. The topological polar surface area (TPSA) is 148 Å². The number of aliphatic carboxylic acids is 2. The number of halogens is 1. The molecule has 0 aromatic heterocycles.